The first-order valence-electron chi connectivity index (χ1n) is 3.52. The highest BCUT2D eigenvalue weighted by Gasteiger charge is 2.74. The van der Waals surface area contributed by atoms with Crippen molar-refractivity contribution in [2.24, 2.45) is 0 Å². The molecule has 10 heteroatoms. The van der Waals surface area contributed by atoms with Crippen LogP contribution in [0.4, 0.5) is 39.5 Å². The molecular formula is C6H5F9O. The third kappa shape index (κ3) is 2.92. The Morgan fingerprint density at radius 1 is 0.812 bits per heavy atom. The molecule has 0 saturated carbocycles. The normalized spacial score (nSPS) is 18.4. The second-order valence-corrected chi connectivity index (χ2v) is 2.79. The van der Waals surface area contributed by atoms with E-state index in [9.17, 15) is 39.5 Å². The van der Waals surface area contributed by atoms with Crippen molar-refractivity contribution in [3.63, 3.8) is 0 Å². The van der Waals surface area contributed by atoms with Crippen molar-refractivity contribution in [1.82, 2.24) is 0 Å². The molecule has 16 heavy (non-hydrogen) atoms. The number of halogens is 9. The van der Waals surface area contributed by atoms with Crippen molar-refractivity contribution in [3.05, 3.63) is 0 Å². The maximum Gasteiger partial charge on any atom is 0.454 e. The van der Waals surface area contributed by atoms with Gasteiger partial charge in [-0.3, -0.25) is 0 Å². The van der Waals surface area contributed by atoms with Crippen LogP contribution in [0.15, 0.2) is 0 Å². The van der Waals surface area contributed by atoms with Crippen LogP contribution in [-0.4, -0.2) is 31.2 Å². The summed E-state index contributed by atoms with van der Waals surface area (Å²) < 4.78 is 111. The SMILES string of the molecule is COC(F)(C(F)(F)F)C(F)(F)CC(F)(F)F. The molecule has 98 valence electrons. The Morgan fingerprint density at radius 3 is 1.38 bits per heavy atom. The fourth-order valence-electron chi connectivity index (χ4n) is 0.838. The van der Waals surface area contributed by atoms with Crippen LogP contribution in [0, 0.1) is 0 Å². The molecule has 0 bridgehead atoms. The second kappa shape index (κ2) is 3.97. The third-order valence-electron chi connectivity index (χ3n) is 1.54. The lowest BCUT2D eigenvalue weighted by Gasteiger charge is -2.33. The molecule has 0 fully saturated rings. The highest BCUT2D eigenvalue weighted by Crippen LogP contribution is 2.49. The van der Waals surface area contributed by atoms with E-state index in [2.05, 4.69) is 4.74 Å². The Labute approximate surface area is 83.2 Å². The molecule has 0 amide bonds. The van der Waals surface area contributed by atoms with Gasteiger partial charge in [0.05, 0.1) is 0 Å². The van der Waals surface area contributed by atoms with E-state index in [1.165, 1.54) is 0 Å². The minimum Gasteiger partial charge on any atom is -0.338 e. The van der Waals surface area contributed by atoms with Crippen molar-refractivity contribution >= 4 is 0 Å². The van der Waals surface area contributed by atoms with E-state index < -0.39 is 30.6 Å². The number of rotatable bonds is 3. The predicted molar refractivity (Wildman–Crippen MR) is 32.5 cm³/mol. The van der Waals surface area contributed by atoms with Gasteiger partial charge in [-0.05, 0) is 0 Å². The molecule has 0 rings (SSSR count). The number of alkyl halides is 9. The summed E-state index contributed by atoms with van der Waals surface area (Å²) >= 11 is 0. The van der Waals surface area contributed by atoms with Gasteiger partial charge in [0.15, 0.2) is 0 Å². The van der Waals surface area contributed by atoms with E-state index in [4.69, 9.17) is 0 Å². The van der Waals surface area contributed by atoms with Crippen molar-refractivity contribution < 1.29 is 44.3 Å². The van der Waals surface area contributed by atoms with Crippen LogP contribution in [0.25, 0.3) is 0 Å². The molecule has 0 aliphatic carbocycles. The maximum atomic E-state index is 12.7. The number of hydrogen-bond acceptors (Lipinski definition) is 1. The van der Waals surface area contributed by atoms with Crippen LogP contribution in [-0.2, 0) is 4.74 Å². The fourth-order valence-corrected chi connectivity index (χ4v) is 0.838. The molecule has 0 radical (unpaired) electrons. The van der Waals surface area contributed by atoms with Gasteiger partial charge in [0.2, 0.25) is 0 Å². The first-order chi connectivity index (χ1) is 6.77. The summed E-state index contributed by atoms with van der Waals surface area (Å²) in [5.74, 6) is -11.4. The summed E-state index contributed by atoms with van der Waals surface area (Å²) in [5, 5.41) is 0. The Bertz CT molecular complexity index is 241. The van der Waals surface area contributed by atoms with E-state index in [0.717, 1.165) is 0 Å². The lowest BCUT2D eigenvalue weighted by Crippen LogP contribution is -2.58. The summed E-state index contributed by atoms with van der Waals surface area (Å²) in [6, 6.07) is 0. The highest BCUT2D eigenvalue weighted by atomic mass is 19.4. The van der Waals surface area contributed by atoms with E-state index in [-0.39, 0.29) is 7.11 Å². The monoisotopic (exact) mass is 264 g/mol. The molecule has 0 saturated heterocycles. The van der Waals surface area contributed by atoms with Gasteiger partial charge in [-0.2, -0.15) is 39.5 Å². The lowest BCUT2D eigenvalue weighted by atomic mass is 10.1. The number of ether oxygens (including phenoxy) is 1. The number of hydrogen-bond donors (Lipinski definition) is 0. The quantitative estimate of drug-likeness (QED) is 0.709. The second-order valence-electron chi connectivity index (χ2n) is 2.79. The van der Waals surface area contributed by atoms with Crippen LogP contribution < -0.4 is 0 Å². The third-order valence-corrected chi connectivity index (χ3v) is 1.54. The average molecular weight is 264 g/mol. The zero-order chi connectivity index (χ0) is 13.4. The fraction of sp³-hybridized carbons (Fsp3) is 1.00. The molecule has 0 aromatic heterocycles. The Balaban J connectivity index is 5.24. The molecule has 0 aromatic carbocycles. The molecule has 1 unspecified atom stereocenters. The molecular weight excluding hydrogens is 259 g/mol. The van der Waals surface area contributed by atoms with Gasteiger partial charge in [0, 0.05) is 7.11 Å². The maximum absolute atomic E-state index is 12.7. The van der Waals surface area contributed by atoms with E-state index in [1.54, 1.807) is 0 Å². The molecule has 0 spiro atoms. The smallest absolute Gasteiger partial charge is 0.338 e. The van der Waals surface area contributed by atoms with E-state index in [1.807, 2.05) is 0 Å². The van der Waals surface area contributed by atoms with Gasteiger partial charge < -0.3 is 4.74 Å². The minimum absolute atomic E-state index is 0.0994. The van der Waals surface area contributed by atoms with Crippen LogP contribution in [0.3, 0.4) is 0 Å². The van der Waals surface area contributed by atoms with Crippen LogP contribution in [0.2, 0.25) is 0 Å². The Kier molecular flexibility index (Phi) is 3.80. The van der Waals surface area contributed by atoms with Crippen molar-refractivity contribution in [3.8, 4) is 0 Å². The zero-order valence-corrected chi connectivity index (χ0v) is 7.52. The first-order valence-corrected chi connectivity index (χ1v) is 3.52. The van der Waals surface area contributed by atoms with E-state index >= 15 is 0 Å². The minimum atomic E-state index is -6.28. The van der Waals surface area contributed by atoms with Gasteiger partial charge in [0.1, 0.15) is 6.42 Å². The summed E-state index contributed by atoms with van der Waals surface area (Å²) in [5.41, 5.74) is 0. The van der Waals surface area contributed by atoms with Crippen LogP contribution in [0.1, 0.15) is 6.42 Å². The van der Waals surface area contributed by atoms with Crippen molar-refractivity contribution in [2.75, 3.05) is 7.11 Å². The molecule has 0 aliphatic rings. The topological polar surface area (TPSA) is 9.23 Å². The van der Waals surface area contributed by atoms with Crippen molar-refractivity contribution in [2.45, 2.75) is 30.6 Å². The summed E-state index contributed by atoms with van der Waals surface area (Å²) in [6.45, 7) is 0. The van der Waals surface area contributed by atoms with Gasteiger partial charge in [0.25, 0.3) is 0 Å². The summed E-state index contributed by atoms with van der Waals surface area (Å²) in [6.07, 6.45) is -15.2. The Hall–Kier alpha value is -0.670. The van der Waals surface area contributed by atoms with Crippen molar-refractivity contribution in [1.29, 1.82) is 0 Å². The molecule has 1 atom stereocenters. The van der Waals surface area contributed by atoms with E-state index in [0.29, 0.717) is 0 Å². The molecule has 1 nitrogen and oxygen atoms in total. The number of methoxy groups -OCH3 is 1. The predicted octanol–water partition coefficient (Wildman–Crippen LogP) is 3.45. The van der Waals surface area contributed by atoms with Gasteiger partial charge in [-0.15, -0.1) is 0 Å². The standard InChI is InChI=1S/C6H5F9O/c1-16-5(12,6(13,14)15)3(7,8)2-4(9,10)11/h2H2,1H3. The van der Waals surface area contributed by atoms with Gasteiger partial charge in [-0.1, -0.05) is 0 Å². The first kappa shape index (κ1) is 15.3. The lowest BCUT2D eigenvalue weighted by molar-refractivity contribution is -0.403. The molecule has 0 aromatic rings. The largest absolute Gasteiger partial charge is 0.454 e. The summed E-state index contributed by atoms with van der Waals surface area (Å²) in [7, 11) is -0.0994. The molecule has 0 aliphatic heterocycles. The van der Waals surface area contributed by atoms with Crippen LogP contribution in [0.5, 0.6) is 0 Å². The summed E-state index contributed by atoms with van der Waals surface area (Å²) in [4.78, 5) is 0. The van der Waals surface area contributed by atoms with Gasteiger partial charge in [-0.25, -0.2) is 0 Å². The average Bonchev–Trinajstić information content (AvgIpc) is 1.95. The highest BCUT2D eigenvalue weighted by molar-refractivity contribution is 4.93. The molecule has 0 N–H and O–H groups in total. The zero-order valence-electron chi connectivity index (χ0n) is 7.52. The van der Waals surface area contributed by atoms with Crippen LogP contribution >= 0.6 is 0 Å². The molecule has 0 heterocycles. The van der Waals surface area contributed by atoms with Gasteiger partial charge >= 0.3 is 24.1 Å². The Morgan fingerprint density at radius 2 is 1.19 bits per heavy atom.